The van der Waals surface area contributed by atoms with E-state index in [1.165, 1.54) is 6.33 Å². The fourth-order valence-corrected chi connectivity index (χ4v) is 6.51. The topological polar surface area (TPSA) is 153 Å². The van der Waals surface area contributed by atoms with E-state index in [0.717, 1.165) is 0 Å². The van der Waals surface area contributed by atoms with Gasteiger partial charge in [0, 0.05) is 6.42 Å². The Bertz CT molecular complexity index is 1250. The van der Waals surface area contributed by atoms with Crippen LogP contribution in [0.4, 0.5) is 17.3 Å². The highest BCUT2D eigenvalue weighted by atomic mass is 32.5. The second-order valence-electron chi connectivity index (χ2n) is 9.18. The molecule has 2 aromatic rings. The third-order valence-electron chi connectivity index (χ3n) is 5.81. The van der Waals surface area contributed by atoms with Gasteiger partial charge in [0.05, 0.1) is 25.5 Å². The molecule has 0 aliphatic carbocycles. The normalized spacial score (nSPS) is 24.7. The van der Waals surface area contributed by atoms with Crippen molar-refractivity contribution < 1.29 is 28.4 Å². The summed E-state index contributed by atoms with van der Waals surface area (Å²) in [5.41, 5.74) is 4.83. The van der Waals surface area contributed by atoms with E-state index < -0.39 is 36.6 Å². The minimum absolute atomic E-state index is 0.0617. The summed E-state index contributed by atoms with van der Waals surface area (Å²) in [6.45, 7) is 2.03. The summed E-state index contributed by atoms with van der Waals surface area (Å²) < 4.78 is 23.6. The molecule has 2 aliphatic heterocycles. The Morgan fingerprint density at radius 2 is 2.16 bits per heavy atom. The summed E-state index contributed by atoms with van der Waals surface area (Å²) >= 11 is 5.75. The highest BCUT2D eigenvalue weighted by Crippen LogP contribution is 2.47. The molecule has 0 saturated carbocycles. The van der Waals surface area contributed by atoms with Crippen molar-refractivity contribution in [3.63, 3.8) is 0 Å². The van der Waals surface area contributed by atoms with Gasteiger partial charge in [0.2, 0.25) is 0 Å². The van der Waals surface area contributed by atoms with Crippen LogP contribution in [0.25, 0.3) is 0 Å². The Labute approximate surface area is 226 Å². The minimum Gasteiger partial charge on any atom is -0.462 e. The van der Waals surface area contributed by atoms with Crippen LogP contribution in [0, 0.1) is 12.3 Å². The van der Waals surface area contributed by atoms with Gasteiger partial charge >= 0.3 is 12.6 Å². The number of terminal acetylenes is 1. The lowest BCUT2D eigenvalue weighted by molar-refractivity contribution is -0.149. The molecule has 3 heterocycles. The highest BCUT2D eigenvalue weighted by molar-refractivity contribution is 8.09. The number of nitrogen functional groups attached to an aromatic ring is 1. The lowest BCUT2D eigenvalue weighted by atomic mass is 9.98. The standard InChI is InChI=1S/C24H31N6O6PS/c1-5-24(32)11-18(35-23(24)30-14-28-19-20(25)26-13-27-21(19)30)12-33-37(38,36-17-9-7-6-8-10-17)29-16(4)22(31)34-15(2)3/h1,6-10,13,15-16,18,23,28,32H,11-12,14H2,2-4H3,(H,29,38)(H2,25,26,27). The molecule has 5 unspecified atom stereocenters. The summed E-state index contributed by atoms with van der Waals surface area (Å²) in [5, 5.41) is 17.4. The van der Waals surface area contributed by atoms with Gasteiger partial charge in [-0.05, 0) is 44.7 Å². The number of rotatable bonds is 10. The maximum Gasteiger partial charge on any atom is 0.323 e. The van der Waals surface area contributed by atoms with E-state index in [1.54, 1.807) is 49.9 Å². The van der Waals surface area contributed by atoms with Crippen molar-refractivity contribution >= 4 is 41.7 Å². The first kappa shape index (κ1) is 28.0. The lowest BCUT2D eigenvalue weighted by Gasteiger charge is -2.31. The molecule has 1 fully saturated rings. The van der Waals surface area contributed by atoms with Gasteiger partial charge in [-0.25, -0.2) is 15.1 Å². The van der Waals surface area contributed by atoms with Crippen LogP contribution in [-0.2, 0) is 30.6 Å². The van der Waals surface area contributed by atoms with Crippen LogP contribution in [0.5, 0.6) is 5.75 Å². The smallest absolute Gasteiger partial charge is 0.323 e. The van der Waals surface area contributed by atoms with Crippen molar-refractivity contribution in [2.45, 2.75) is 57.3 Å². The van der Waals surface area contributed by atoms with Crippen molar-refractivity contribution in [2.75, 3.05) is 29.2 Å². The van der Waals surface area contributed by atoms with Crippen molar-refractivity contribution in [1.82, 2.24) is 15.1 Å². The zero-order valence-electron chi connectivity index (χ0n) is 21.2. The first-order valence-electron chi connectivity index (χ1n) is 12.0. The van der Waals surface area contributed by atoms with E-state index in [1.807, 2.05) is 6.07 Å². The molecule has 1 aromatic heterocycles. The van der Waals surface area contributed by atoms with Crippen LogP contribution in [0.2, 0.25) is 0 Å². The Kier molecular flexibility index (Phi) is 8.42. The average molecular weight is 563 g/mol. The molecule has 5 atom stereocenters. The third-order valence-corrected chi connectivity index (χ3v) is 8.31. The van der Waals surface area contributed by atoms with E-state index in [2.05, 4.69) is 26.3 Å². The van der Waals surface area contributed by atoms with E-state index in [-0.39, 0.29) is 31.6 Å². The van der Waals surface area contributed by atoms with Gasteiger partial charge in [-0.1, -0.05) is 24.1 Å². The lowest BCUT2D eigenvalue weighted by Crippen LogP contribution is -2.49. The van der Waals surface area contributed by atoms with Crippen LogP contribution in [0.15, 0.2) is 36.7 Å². The van der Waals surface area contributed by atoms with Crippen LogP contribution in [0.1, 0.15) is 27.2 Å². The number of ether oxygens (including phenoxy) is 2. The number of nitrogens with one attached hydrogen (secondary N) is 2. The largest absolute Gasteiger partial charge is 0.462 e. The van der Waals surface area contributed by atoms with E-state index in [4.69, 9.17) is 42.5 Å². The molecule has 1 saturated heterocycles. The summed E-state index contributed by atoms with van der Waals surface area (Å²) in [6, 6.07) is 8.08. The van der Waals surface area contributed by atoms with Crippen LogP contribution < -0.4 is 25.6 Å². The van der Waals surface area contributed by atoms with Crippen LogP contribution in [-0.4, -0.2) is 64.4 Å². The van der Waals surface area contributed by atoms with Gasteiger partial charge < -0.3 is 39.6 Å². The number of para-hydroxylation sites is 1. The molecule has 14 heteroatoms. The van der Waals surface area contributed by atoms with E-state index in [0.29, 0.717) is 17.3 Å². The molecule has 1 aromatic carbocycles. The SMILES string of the molecule is C#CC1(O)CC(COP(=S)(NC(C)C(=O)OC(C)C)Oc2ccccc2)OC1N1CNc2c(N)ncnc21. The summed E-state index contributed by atoms with van der Waals surface area (Å²) in [7, 11) is 0. The van der Waals surface area contributed by atoms with Gasteiger partial charge in [0.1, 0.15) is 23.8 Å². The number of hydrogen-bond donors (Lipinski definition) is 4. The first-order valence-corrected chi connectivity index (χ1v) is 14.6. The fourth-order valence-electron chi connectivity index (χ4n) is 4.08. The predicted molar refractivity (Wildman–Crippen MR) is 146 cm³/mol. The molecule has 0 bridgehead atoms. The van der Waals surface area contributed by atoms with Gasteiger partial charge in [-0.15, -0.1) is 6.42 Å². The minimum atomic E-state index is -3.30. The number of aromatic nitrogens is 2. The zero-order valence-corrected chi connectivity index (χ0v) is 22.9. The van der Waals surface area contributed by atoms with E-state index in [9.17, 15) is 9.90 Å². The van der Waals surface area contributed by atoms with Crippen molar-refractivity contribution in [2.24, 2.45) is 0 Å². The van der Waals surface area contributed by atoms with Gasteiger partial charge in [-0.3, -0.25) is 4.79 Å². The van der Waals surface area contributed by atoms with Crippen molar-refractivity contribution in [3.05, 3.63) is 36.7 Å². The Morgan fingerprint density at radius 1 is 1.42 bits per heavy atom. The van der Waals surface area contributed by atoms with Gasteiger partial charge in [-0.2, -0.15) is 0 Å². The molecule has 0 spiro atoms. The molecule has 0 amide bonds. The number of anilines is 3. The fraction of sp³-hybridized carbons (Fsp3) is 0.458. The molecule has 2 aliphatic rings. The predicted octanol–water partition coefficient (Wildman–Crippen LogP) is 1.98. The number of nitrogens with two attached hydrogens (primary N) is 1. The van der Waals surface area contributed by atoms with Crippen LogP contribution >= 0.6 is 6.64 Å². The summed E-state index contributed by atoms with van der Waals surface area (Å²) in [4.78, 5) is 22.4. The average Bonchev–Trinajstić information content (AvgIpc) is 3.45. The number of benzene rings is 1. The quantitative estimate of drug-likeness (QED) is 0.190. The number of fused-ring (bicyclic) bond motifs is 1. The third kappa shape index (κ3) is 6.18. The zero-order chi connectivity index (χ0) is 27.5. The second-order valence-corrected chi connectivity index (χ2v) is 12.3. The molecule has 5 N–H and O–H groups in total. The summed E-state index contributed by atoms with van der Waals surface area (Å²) in [6.07, 6.45) is 5.24. The molecular weight excluding hydrogens is 531 g/mol. The Balaban J connectivity index is 1.49. The molecular formula is C24H31N6O6PS. The maximum atomic E-state index is 12.4. The Morgan fingerprint density at radius 3 is 2.84 bits per heavy atom. The van der Waals surface area contributed by atoms with Crippen LogP contribution in [0.3, 0.4) is 0 Å². The van der Waals surface area contributed by atoms with Crippen molar-refractivity contribution in [3.8, 4) is 18.1 Å². The molecule has 12 nitrogen and oxygen atoms in total. The Hall–Kier alpha value is -2.98. The highest BCUT2D eigenvalue weighted by Gasteiger charge is 2.51. The first-order chi connectivity index (χ1) is 18.0. The van der Waals surface area contributed by atoms with E-state index >= 15 is 0 Å². The number of carbonyl (C=O) groups is 1. The number of hydrogen-bond acceptors (Lipinski definition) is 12. The summed E-state index contributed by atoms with van der Waals surface area (Å²) in [5.74, 6) is 3.17. The number of nitrogens with zero attached hydrogens (tertiary/aromatic N) is 3. The molecule has 204 valence electrons. The molecule has 0 radical (unpaired) electrons. The monoisotopic (exact) mass is 562 g/mol. The van der Waals surface area contributed by atoms with Gasteiger partial charge in [0.25, 0.3) is 0 Å². The number of esters is 1. The van der Waals surface area contributed by atoms with Gasteiger partial charge in [0.15, 0.2) is 23.5 Å². The number of carbonyl (C=O) groups excluding carboxylic acids is 1. The molecule has 38 heavy (non-hydrogen) atoms. The maximum absolute atomic E-state index is 12.4. The second kappa shape index (κ2) is 11.4. The van der Waals surface area contributed by atoms with Crippen molar-refractivity contribution in [1.29, 1.82) is 0 Å². The number of aliphatic hydroxyl groups is 1. The molecule has 4 rings (SSSR count).